The lowest BCUT2D eigenvalue weighted by molar-refractivity contribution is -0.137. The maximum atomic E-state index is 11.6. The second-order valence-electron chi connectivity index (χ2n) is 3.66. The summed E-state index contributed by atoms with van der Waals surface area (Å²) in [6.07, 6.45) is 3.10. The van der Waals surface area contributed by atoms with Crippen LogP contribution in [0.1, 0.15) is 23.7 Å². The first-order valence-corrected chi connectivity index (χ1v) is 5.09. The number of benzene rings is 1. The molecule has 3 heteroatoms. The van der Waals surface area contributed by atoms with E-state index >= 15 is 0 Å². The Kier molecular flexibility index (Phi) is 4.45. The highest BCUT2D eigenvalue weighted by Crippen LogP contribution is 2.06. The minimum atomic E-state index is -0.857. The van der Waals surface area contributed by atoms with Crippen molar-refractivity contribution in [2.24, 2.45) is 5.92 Å². The molecule has 3 nitrogen and oxygen atoms in total. The highest BCUT2D eigenvalue weighted by atomic mass is 16.4. The summed E-state index contributed by atoms with van der Waals surface area (Å²) in [4.78, 5) is 22.0. The van der Waals surface area contributed by atoms with Crippen molar-refractivity contribution >= 4 is 11.8 Å². The Morgan fingerprint density at radius 1 is 1.31 bits per heavy atom. The molecule has 0 amide bonds. The van der Waals surface area contributed by atoms with Crippen LogP contribution < -0.4 is 0 Å². The average molecular weight is 218 g/mol. The summed E-state index contributed by atoms with van der Waals surface area (Å²) in [5.74, 6) is -1.09. The number of carboxylic acid groups (broad SMARTS) is 1. The average Bonchev–Trinajstić information content (AvgIpc) is 2.26. The maximum absolute atomic E-state index is 11.6. The van der Waals surface area contributed by atoms with E-state index in [9.17, 15) is 9.59 Å². The molecule has 0 saturated carbocycles. The van der Waals surface area contributed by atoms with Crippen molar-refractivity contribution in [3.05, 3.63) is 48.0 Å². The lowest BCUT2D eigenvalue weighted by Crippen LogP contribution is -2.02. The fourth-order valence-corrected chi connectivity index (χ4v) is 1.29. The van der Waals surface area contributed by atoms with Crippen LogP contribution in [0, 0.1) is 5.92 Å². The van der Waals surface area contributed by atoms with Crippen LogP contribution in [0.25, 0.3) is 0 Å². The van der Waals surface area contributed by atoms with Crippen LogP contribution >= 0.6 is 0 Å². The number of hydrogen-bond acceptors (Lipinski definition) is 2. The Balaban J connectivity index is 2.58. The number of carboxylic acids is 1. The van der Waals surface area contributed by atoms with Gasteiger partial charge in [-0.05, 0) is 12.0 Å². The van der Waals surface area contributed by atoms with E-state index in [0.29, 0.717) is 5.56 Å². The molecule has 1 unspecified atom stereocenters. The summed E-state index contributed by atoms with van der Waals surface area (Å²) in [6, 6.07) is 8.89. The second kappa shape index (κ2) is 5.85. The van der Waals surface area contributed by atoms with E-state index in [1.54, 1.807) is 37.3 Å². The SMILES string of the molecule is CC(C=CC(=O)c1ccccc1)CC(=O)O. The molecule has 1 aromatic carbocycles. The van der Waals surface area contributed by atoms with E-state index < -0.39 is 5.97 Å². The van der Waals surface area contributed by atoms with Gasteiger partial charge in [0.05, 0.1) is 6.42 Å². The van der Waals surface area contributed by atoms with Gasteiger partial charge < -0.3 is 5.11 Å². The molecule has 0 fully saturated rings. The van der Waals surface area contributed by atoms with Crippen molar-refractivity contribution in [3.63, 3.8) is 0 Å². The van der Waals surface area contributed by atoms with Gasteiger partial charge in [-0.1, -0.05) is 43.3 Å². The predicted octanol–water partition coefficient (Wildman–Crippen LogP) is 2.54. The summed E-state index contributed by atoms with van der Waals surface area (Å²) in [5.41, 5.74) is 0.612. The first-order valence-electron chi connectivity index (χ1n) is 5.09. The Hall–Kier alpha value is -1.90. The molecule has 84 valence electrons. The largest absolute Gasteiger partial charge is 0.481 e. The van der Waals surface area contributed by atoms with Crippen LogP contribution in [0.4, 0.5) is 0 Å². The van der Waals surface area contributed by atoms with Gasteiger partial charge in [-0.2, -0.15) is 0 Å². The Bertz CT molecular complexity index is 393. The first-order chi connectivity index (χ1) is 7.59. The van der Waals surface area contributed by atoms with E-state index in [-0.39, 0.29) is 18.1 Å². The van der Waals surface area contributed by atoms with Crippen LogP contribution in [0.5, 0.6) is 0 Å². The molecule has 0 radical (unpaired) electrons. The molecule has 1 atom stereocenters. The van der Waals surface area contributed by atoms with Gasteiger partial charge in [0, 0.05) is 5.56 Å². The van der Waals surface area contributed by atoms with Gasteiger partial charge >= 0.3 is 5.97 Å². The molecule has 1 aromatic rings. The lowest BCUT2D eigenvalue weighted by Gasteiger charge is -2.00. The fraction of sp³-hybridized carbons (Fsp3) is 0.231. The molecule has 0 heterocycles. The number of carbonyl (C=O) groups excluding carboxylic acids is 1. The van der Waals surface area contributed by atoms with E-state index in [2.05, 4.69) is 0 Å². The molecule has 0 aromatic heterocycles. The van der Waals surface area contributed by atoms with Crippen LogP contribution in [0.2, 0.25) is 0 Å². The third kappa shape index (κ3) is 4.09. The molecular formula is C13H14O3. The summed E-state index contributed by atoms with van der Waals surface area (Å²) in [5, 5.41) is 8.55. The topological polar surface area (TPSA) is 54.4 Å². The molecule has 1 N–H and O–H groups in total. The van der Waals surface area contributed by atoms with E-state index in [4.69, 9.17) is 5.11 Å². The molecule has 1 rings (SSSR count). The third-order valence-electron chi connectivity index (χ3n) is 2.13. The Morgan fingerprint density at radius 3 is 2.50 bits per heavy atom. The van der Waals surface area contributed by atoms with Gasteiger partial charge in [0.15, 0.2) is 5.78 Å². The molecule has 0 aliphatic carbocycles. The fourth-order valence-electron chi connectivity index (χ4n) is 1.29. The van der Waals surface area contributed by atoms with Gasteiger partial charge in [0.25, 0.3) is 0 Å². The van der Waals surface area contributed by atoms with Crippen LogP contribution in [0.15, 0.2) is 42.5 Å². The van der Waals surface area contributed by atoms with Gasteiger partial charge in [0.1, 0.15) is 0 Å². The maximum Gasteiger partial charge on any atom is 0.303 e. The first kappa shape index (κ1) is 12.2. The molecule has 0 spiro atoms. The minimum absolute atomic E-state index is 0.0402. The van der Waals surface area contributed by atoms with Crippen molar-refractivity contribution in [1.29, 1.82) is 0 Å². The van der Waals surface area contributed by atoms with E-state index in [0.717, 1.165) is 0 Å². The smallest absolute Gasteiger partial charge is 0.303 e. The minimum Gasteiger partial charge on any atom is -0.481 e. The number of carbonyl (C=O) groups is 2. The summed E-state index contributed by atoms with van der Waals surface area (Å²) >= 11 is 0. The molecule has 0 aliphatic heterocycles. The summed E-state index contributed by atoms with van der Waals surface area (Å²) in [7, 11) is 0. The standard InChI is InChI=1S/C13H14O3/c1-10(9-13(15)16)7-8-12(14)11-5-3-2-4-6-11/h2-8,10H,9H2,1H3,(H,15,16). The molecular weight excluding hydrogens is 204 g/mol. The van der Waals surface area contributed by atoms with Crippen molar-refractivity contribution in [2.45, 2.75) is 13.3 Å². The lowest BCUT2D eigenvalue weighted by atomic mass is 10.1. The van der Waals surface area contributed by atoms with E-state index in [1.807, 2.05) is 6.07 Å². The zero-order chi connectivity index (χ0) is 12.0. The van der Waals surface area contributed by atoms with Crippen LogP contribution in [-0.2, 0) is 4.79 Å². The number of hydrogen-bond donors (Lipinski definition) is 1. The Morgan fingerprint density at radius 2 is 1.94 bits per heavy atom. The van der Waals surface area contributed by atoms with Crippen molar-refractivity contribution in [2.75, 3.05) is 0 Å². The van der Waals surface area contributed by atoms with Gasteiger partial charge in [-0.3, -0.25) is 9.59 Å². The summed E-state index contributed by atoms with van der Waals surface area (Å²) in [6.45, 7) is 1.77. The van der Waals surface area contributed by atoms with Crippen molar-refractivity contribution in [1.82, 2.24) is 0 Å². The number of rotatable bonds is 5. The molecule has 0 aliphatic rings. The van der Waals surface area contributed by atoms with Crippen molar-refractivity contribution < 1.29 is 14.7 Å². The number of allylic oxidation sites excluding steroid dienone is 2. The van der Waals surface area contributed by atoms with Crippen molar-refractivity contribution in [3.8, 4) is 0 Å². The highest BCUT2D eigenvalue weighted by molar-refractivity contribution is 6.04. The summed E-state index contributed by atoms with van der Waals surface area (Å²) < 4.78 is 0. The monoisotopic (exact) mass is 218 g/mol. The quantitative estimate of drug-likeness (QED) is 0.610. The zero-order valence-electron chi connectivity index (χ0n) is 9.09. The highest BCUT2D eigenvalue weighted by Gasteiger charge is 2.05. The number of aliphatic carboxylic acids is 1. The van der Waals surface area contributed by atoms with Gasteiger partial charge in [-0.25, -0.2) is 0 Å². The molecule has 0 saturated heterocycles. The Labute approximate surface area is 94.4 Å². The van der Waals surface area contributed by atoms with Gasteiger partial charge in [-0.15, -0.1) is 0 Å². The normalized spacial score (nSPS) is 12.6. The molecule has 0 bridgehead atoms. The number of ketones is 1. The van der Waals surface area contributed by atoms with E-state index in [1.165, 1.54) is 6.08 Å². The predicted molar refractivity (Wildman–Crippen MR) is 61.3 cm³/mol. The third-order valence-corrected chi connectivity index (χ3v) is 2.13. The van der Waals surface area contributed by atoms with Crippen LogP contribution in [0.3, 0.4) is 0 Å². The van der Waals surface area contributed by atoms with Crippen LogP contribution in [-0.4, -0.2) is 16.9 Å². The zero-order valence-corrected chi connectivity index (χ0v) is 9.09. The van der Waals surface area contributed by atoms with Gasteiger partial charge in [0.2, 0.25) is 0 Å². The second-order valence-corrected chi connectivity index (χ2v) is 3.66. The molecule has 16 heavy (non-hydrogen) atoms.